The number of aryl methyl sites for hydroxylation is 1. The average molecular weight is 272 g/mol. The smallest absolute Gasteiger partial charge is 0.123 e. The summed E-state index contributed by atoms with van der Waals surface area (Å²) in [5.41, 5.74) is 3.74. The number of allylic oxidation sites excluding steroid dienone is 1. The van der Waals surface area contributed by atoms with Gasteiger partial charge in [0.05, 0.1) is 18.8 Å². The van der Waals surface area contributed by atoms with Crippen molar-refractivity contribution in [2.75, 3.05) is 13.2 Å². The van der Waals surface area contributed by atoms with Crippen LogP contribution >= 0.6 is 0 Å². The van der Waals surface area contributed by atoms with Gasteiger partial charge in [0.1, 0.15) is 5.75 Å². The molecule has 0 radical (unpaired) electrons. The molecule has 0 aromatic heterocycles. The molecule has 0 unspecified atom stereocenters. The standard InChI is InChI=1S/C17H24N2O/c1-13-7-8-16(15(12-13)17(2,3)4)20-11-5-6-14-9-10-18-19-14/h7-9,12H,5-6,10-11H2,1-4H3. The molecule has 1 aliphatic rings. The molecule has 1 heterocycles. The summed E-state index contributed by atoms with van der Waals surface area (Å²) >= 11 is 0. The summed E-state index contributed by atoms with van der Waals surface area (Å²) in [4.78, 5) is 0. The molecule has 108 valence electrons. The third kappa shape index (κ3) is 3.92. The predicted octanol–water partition coefficient (Wildman–Crippen LogP) is 4.80. The first-order valence-corrected chi connectivity index (χ1v) is 7.27. The summed E-state index contributed by atoms with van der Waals surface area (Å²) in [7, 11) is 0. The zero-order chi connectivity index (χ0) is 14.6. The van der Waals surface area contributed by atoms with Crippen molar-refractivity contribution in [1.82, 2.24) is 0 Å². The Bertz CT molecular complexity index is 524. The molecule has 1 aromatic rings. The van der Waals surface area contributed by atoms with Crippen LogP contribution in [-0.4, -0.2) is 13.2 Å². The lowest BCUT2D eigenvalue weighted by Crippen LogP contribution is -2.14. The van der Waals surface area contributed by atoms with Crippen LogP contribution in [0.5, 0.6) is 5.75 Å². The van der Waals surface area contributed by atoms with Gasteiger partial charge in [-0.05, 0) is 42.9 Å². The van der Waals surface area contributed by atoms with Gasteiger partial charge in [-0.1, -0.05) is 38.5 Å². The number of hydrogen-bond acceptors (Lipinski definition) is 3. The summed E-state index contributed by atoms with van der Waals surface area (Å²) < 4.78 is 5.98. The van der Waals surface area contributed by atoms with Crippen molar-refractivity contribution in [1.29, 1.82) is 0 Å². The minimum atomic E-state index is 0.101. The molecule has 3 heteroatoms. The number of nitrogens with zero attached hydrogens (tertiary/aromatic N) is 2. The highest BCUT2D eigenvalue weighted by atomic mass is 16.5. The van der Waals surface area contributed by atoms with Gasteiger partial charge in [-0.25, -0.2) is 0 Å². The van der Waals surface area contributed by atoms with Crippen LogP contribution in [0.1, 0.15) is 44.7 Å². The van der Waals surface area contributed by atoms with Crippen LogP contribution in [0.2, 0.25) is 0 Å². The van der Waals surface area contributed by atoms with E-state index >= 15 is 0 Å². The molecule has 3 nitrogen and oxygen atoms in total. The van der Waals surface area contributed by atoms with Gasteiger partial charge in [-0.15, -0.1) is 0 Å². The second-order valence-corrected chi connectivity index (χ2v) is 6.32. The minimum Gasteiger partial charge on any atom is -0.493 e. The van der Waals surface area contributed by atoms with Crippen molar-refractivity contribution in [3.05, 3.63) is 41.1 Å². The van der Waals surface area contributed by atoms with E-state index in [0.29, 0.717) is 0 Å². The Morgan fingerprint density at radius 3 is 2.70 bits per heavy atom. The van der Waals surface area contributed by atoms with E-state index < -0.39 is 0 Å². The summed E-state index contributed by atoms with van der Waals surface area (Å²) in [6, 6.07) is 6.42. The first-order chi connectivity index (χ1) is 9.47. The molecule has 0 bridgehead atoms. The Morgan fingerprint density at radius 1 is 1.25 bits per heavy atom. The average Bonchev–Trinajstić information content (AvgIpc) is 2.88. The Labute approximate surface area is 121 Å². The number of benzene rings is 1. The van der Waals surface area contributed by atoms with Crippen molar-refractivity contribution >= 4 is 0 Å². The number of hydrogen-bond donors (Lipinski definition) is 0. The molecule has 0 aliphatic carbocycles. The molecular weight excluding hydrogens is 248 g/mol. The van der Waals surface area contributed by atoms with Gasteiger partial charge in [0.2, 0.25) is 0 Å². The maximum Gasteiger partial charge on any atom is 0.123 e. The highest BCUT2D eigenvalue weighted by Crippen LogP contribution is 2.32. The number of azo groups is 1. The zero-order valence-electron chi connectivity index (χ0n) is 12.9. The molecule has 1 aliphatic heterocycles. The molecule has 0 atom stereocenters. The third-order valence-electron chi connectivity index (χ3n) is 3.39. The van der Waals surface area contributed by atoms with Crippen LogP contribution in [0.3, 0.4) is 0 Å². The molecule has 0 N–H and O–H groups in total. The number of ether oxygens (including phenoxy) is 1. The van der Waals surface area contributed by atoms with Gasteiger partial charge in [-0.3, -0.25) is 0 Å². The Morgan fingerprint density at radius 2 is 2.05 bits per heavy atom. The van der Waals surface area contributed by atoms with Gasteiger partial charge in [0.15, 0.2) is 0 Å². The van der Waals surface area contributed by atoms with Crippen LogP contribution in [0.25, 0.3) is 0 Å². The van der Waals surface area contributed by atoms with Gasteiger partial charge < -0.3 is 4.74 Å². The number of rotatable bonds is 5. The lowest BCUT2D eigenvalue weighted by atomic mass is 9.85. The summed E-state index contributed by atoms with van der Waals surface area (Å²) in [5, 5.41) is 8.03. The highest BCUT2D eigenvalue weighted by Gasteiger charge is 2.19. The van der Waals surface area contributed by atoms with Gasteiger partial charge in [-0.2, -0.15) is 10.2 Å². The van der Waals surface area contributed by atoms with Crippen LogP contribution < -0.4 is 4.74 Å². The molecule has 0 spiro atoms. The lowest BCUT2D eigenvalue weighted by molar-refractivity contribution is 0.302. The van der Waals surface area contributed by atoms with E-state index in [1.54, 1.807) is 0 Å². The minimum absolute atomic E-state index is 0.101. The first-order valence-electron chi connectivity index (χ1n) is 7.27. The second-order valence-electron chi connectivity index (χ2n) is 6.32. The van der Waals surface area contributed by atoms with E-state index in [1.807, 2.05) is 0 Å². The molecule has 0 fully saturated rings. The van der Waals surface area contributed by atoms with Crippen LogP contribution in [0.4, 0.5) is 0 Å². The van der Waals surface area contributed by atoms with E-state index in [0.717, 1.165) is 37.4 Å². The maximum atomic E-state index is 5.98. The molecule has 20 heavy (non-hydrogen) atoms. The van der Waals surface area contributed by atoms with E-state index in [1.165, 1.54) is 11.1 Å². The Balaban J connectivity index is 1.93. The zero-order valence-corrected chi connectivity index (χ0v) is 12.9. The van der Waals surface area contributed by atoms with E-state index in [-0.39, 0.29) is 5.41 Å². The van der Waals surface area contributed by atoms with Gasteiger partial charge in [0, 0.05) is 0 Å². The largest absolute Gasteiger partial charge is 0.493 e. The maximum absolute atomic E-state index is 5.98. The first kappa shape index (κ1) is 14.8. The van der Waals surface area contributed by atoms with E-state index in [2.05, 4.69) is 62.2 Å². The normalized spacial score (nSPS) is 14.5. The SMILES string of the molecule is Cc1ccc(OCCCC2=CCN=N2)c(C(C)(C)C)c1. The fourth-order valence-electron chi connectivity index (χ4n) is 2.26. The summed E-state index contributed by atoms with van der Waals surface area (Å²) in [6.45, 7) is 10.2. The monoisotopic (exact) mass is 272 g/mol. The van der Waals surface area contributed by atoms with Crippen molar-refractivity contribution in [2.45, 2.75) is 46.0 Å². The van der Waals surface area contributed by atoms with Crippen LogP contribution in [0, 0.1) is 6.92 Å². The lowest BCUT2D eigenvalue weighted by Gasteiger charge is -2.23. The molecule has 0 amide bonds. The van der Waals surface area contributed by atoms with Crippen molar-refractivity contribution in [3.8, 4) is 5.75 Å². The summed E-state index contributed by atoms with van der Waals surface area (Å²) in [5.74, 6) is 1.00. The predicted molar refractivity (Wildman–Crippen MR) is 82.4 cm³/mol. The van der Waals surface area contributed by atoms with E-state index in [4.69, 9.17) is 4.74 Å². The molecular formula is C17H24N2O. The van der Waals surface area contributed by atoms with Crippen molar-refractivity contribution in [2.24, 2.45) is 10.2 Å². The fourth-order valence-corrected chi connectivity index (χ4v) is 2.26. The van der Waals surface area contributed by atoms with Crippen LogP contribution in [-0.2, 0) is 5.41 Å². The molecule has 0 saturated heterocycles. The second kappa shape index (κ2) is 6.21. The molecule has 2 rings (SSSR count). The Kier molecular flexibility index (Phi) is 4.58. The quantitative estimate of drug-likeness (QED) is 0.709. The van der Waals surface area contributed by atoms with Gasteiger partial charge >= 0.3 is 0 Å². The molecule has 0 saturated carbocycles. The van der Waals surface area contributed by atoms with E-state index in [9.17, 15) is 0 Å². The Hall–Kier alpha value is -1.64. The third-order valence-corrected chi connectivity index (χ3v) is 3.39. The topological polar surface area (TPSA) is 34.0 Å². The van der Waals surface area contributed by atoms with Gasteiger partial charge in [0.25, 0.3) is 0 Å². The van der Waals surface area contributed by atoms with Crippen molar-refractivity contribution < 1.29 is 4.74 Å². The summed E-state index contributed by atoms with van der Waals surface area (Å²) in [6.07, 6.45) is 4.00. The van der Waals surface area contributed by atoms with Crippen LogP contribution in [0.15, 0.2) is 40.2 Å². The highest BCUT2D eigenvalue weighted by molar-refractivity contribution is 5.41. The van der Waals surface area contributed by atoms with Crippen molar-refractivity contribution in [3.63, 3.8) is 0 Å². The molecule has 1 aromatic carbocycles. The fraction of sp³-hybridized carbons (Fsp3) is 0.529.